The van der Waals surface area contributed by atoms with Crippen LogP contribution in [0.5, 0.6) is 0 Å². The van der Waals surface area contributed by atoms with E-state index in [0.717, 1.165) is 22.9 Å². The van der Waals surface area contributed by atoms with Gasteiger partial charge in [-0.15, -0.1) is 0 Å². The molecule has 0 radical (unpaired) electrons. The Bertz CT molecular complexity index is 470. The zero-order valence-corrected chi connectivity index (χ0v) is 10.2. The van der Waals surface area contributed by atoms with Gasteiger partial charge in [0.25, 0.3) is 0 Å². The summed E-state index contributed by atoms with van der Waals surface area (Å²) in [6.07, 6.45) is 5.30. The van der Waals surface area contributed by atoms with Crippen LogP contribution in [0.15, 0.2) is 24.3 Å². The summed E-state index contributed by atoms with van der Waals surface area (Å²) in [6.45, 7) is 2.33. The van der Waals surface area contributed by atoms with Gasteiger partial charge in [-0.05, 0) is 30.9 Å². The molecule has 2 N–H and O–H groups in total. The zero-order valence-electron chi connectivity index (χ0n) is 10.2. The fourth-order valence-electron chi connectivity index (χ4n) is 2.73. The van der Waals surface area contributed by atoms with Crippen molar-refractivity contribution >= 4 is 17.0 Å². The van der Waals surface area contributed by atoms with E-state index in [0.29, 0.717) is 6.04 Å². The molecule has 17 heavy (non-hydrogen) atoms. The molecule has 0 aliphatic heterocycles. The molecule has 0 amide bonds. The van der Waals surface area contributed by atoms with E-state index in [4.69, 9.17) is 0 Å². The SMILES string of the molecule is C[C@@H]1CCCC[C@@H]1Nc1nc2ccccc2[nH]1. The molecule has 90 valence electrons. The minimum Gasteiger partial charge on any atom is -0.353 e. The van der Waals surface area contributed by atoms with Gasteiger partial charge >= 0.3 is 0 Å². The lowest BCUT2D eigenvalue weighted by atomic mass is 9.86. The van der Waals surface area contributed by atoms with Gasteiger partial charge in [-0.2, -0.15) is 0 Å². The molecule has 0 unspecified atom stereocenters. The third kappa shape index (κ3) is 2.14. The Hall–Kier alpha value is -1.51. The van der Waals surface area contributed by atoms with Crippen molar-refractivity contribution in [2.45, 2.75) is 38.6 Å². The number of rotatable bonds is 2. The highest BCUT2D eigenvalue weighted by Gasteiger charge is 2.21. The summed E-state index contributed by atoms with van der Waals surface area (Å²) in [5.41, 5.74) is 2.15. The van der Waals surface area contributed by atoms with Crippen LogP contribution in [0.3, 0.4) is 0 Å². The Labute approximate surface area is 102 Å². The molecule has 0 bridgehead atoms. The second-order valence-corrected chi connectivity index (χ2v) is 5.12. The van der Waals surface area contributed by atoms with Crippen molar-refractivity contribution in [2.75, 3.05) is 5.32 Å². The quantitative estimate of drug-likeness (QED) is 0.826. The van der Waals surface area contributed by atoms with E-state index in [2.05, 4.69) is 28.3 Å². The van der Waals surface area contributed by atoms with Gasteiger partial charge in [-0.3, -0.25) is 0 Å². The van der Waals surface area contributed by atoms with Crippen molar-refractivity contribution in [1.29, 1.82) is 0 Å². The van der Waals surface area contributed by atoms with Gasteiger partial charge in [-0.1, -0.05) is 31.9 Å². The molecule has 3 rings (SSSR count). The van der Waals surface area contributed by atoms with Crippen molar-refractivity contribution in [3.8, 4) is 0 Å². The first-order chi connectivity index (χ1) is 8.33. The monoisotopic (exact) mass is 229 g/mol. The first kappa shape index (κ1) is 10.6. The molecule has 1 aromatic carbocycles. The molecule has 1 saturated carbocycles. The highest BCUT2D eigenvalue weighted by atomic mass is 15.1. The number of benzene rings is 1. The highest BCUT2D eigenvalue weighted by Crippen LogP contribution is 2.26. The van der Waals surface area contributed by atoms with E-state index in [1.165, 1.54) is 25.7 Å². The zero-order chi connectivity index (χ0) is 11.7. The highest BCUT2D eigenvalue weighted by molar-refractivity contribution is 5.77. The van der Waals surface area contributed by atoms with Crippen molar-refractivity contribution < 1.29 is 0 Å². The van der Waals surface area contributed by atoms with E-state index in [9.17, 15) is 0 Å². The van der Waals surface area contributed by atoms with Crippen molar-refractivity contribution in [1.82, 2.24) is 9.97 Å². The normalized spacial score (nSPS) is 25.0. The number of para-hydroxylation sites is 2. The fourth-order valence-corrected chi connectivity index (χ4v) is 2.73. The van der Waals surface area contributed by atoms with Crippen LogP contribution < -0.4 is 5.32 Å². The summed E-state index contributed by atoms with van der Waals surface area (Å²) in [6, 6.07) is 8.74. The smallest absolute Gasteiger partial charge is 0.201 e. The summed E-state index contributed by atoms with van der Waals surface area (Å²) in [7, 11) is 0. The molecule has 0 spiro atoms. The maximum absolute atomic E-state index is 4.57. The van der Waals surface area contributed by atoms with E-state index in [-0.39, 0.29) is 0 Å². The Kier molecular flexibility index (Phi) is 2.75. The average Bonchev–Trinajstić information content (AvgIpc) is 2.74. The standard InChI is InChI=1S/C14H19N3/c1-10-6-2-3-7-11(10)15-14-16-12-8-4-5-9-13(12)17-14/h4-5,8-11H,2-3,6-7H2,1H3,(H2,15,16,17)/t10-,11+/m1/s1. The molecule has 1 aliphatic carbocycles. The Morgan fingerprint density at radius 1 is 1.24 bits per heavy atom. The number of fused-ring (bicyclic) bond motifs is 1. The second kappa shape index (κ2) is 4.40. The molecule has 3 nitrogen and oxygen atoms in total. The van der Waals surface area contributed by atoms with Crippen LogP contribution in [0.2, 0.25) is 0 Å². The predicted octanol–water partition coefficient (Wildman–Crippen LogP) is 3.55. The number of hydrogen-bond donors (Lipinski definition) is 2. The van der Waals surface area contributed by atoms with Crippen molar-refractivity contribution in [3.63, 3.8) is 0 Å². The maximum atomic E-state index is 4.57. The topological polar surface area (TPSA) is 40.7 Å². The summed E-state index contributed by atoms with van der Waals surface area (Å²) < 4.78 is 0. The number of hydrogen-bond acceptors (Lipinski definition) is 2. The lowest BCUT2D eigenvalue weighted by molar-refractivity contribution is 0.348. The van der Waals surface area contributed by atoms with Crippen LogP contribution in [-0.2, 0) is 0 Å². The van der Waals surface area contributed by atoms with Crippen molar-refractivity contribution in [3.05, 3.63) is 24.3 Å². The van der Waals surface area contributed by atoms with Gasteiger partial charge in [0.05, 0.1) is 11.0 Å². The molecule has 0 saturated heterocycles. The first-order valence-electron chi connectivity index (χ1n) is 6.54. The van der Waals surface area contributed by atoms with Crippen LogP contribution in [0.4, 0.5) is 5.95 Å². The molecular formula is C14H19N3. The van der Waals surface area contributed by atoms with Crippen LogP contribution in [0.1, 0.15) is 32.6 Å². The third-order valence-electron chi connectivity index (χ3n) is 3.82. The molecule has 1 heterocycles. The van der Waals surface area contributed by atoms with Gasteiger partial charge < -0.3 is 10.3 Å². The van der Waals surface area contributed by atoms with Gasteiger partial charge in [0.1, 0.15) is 0 Å². The summed E-state index contributed by atoms with van der Waals surface area (Å²) in [4.78, 5) is 7.92. The molecule has 2 atom stereocenters. The molecular weight excluding hydrogens is 210 g/mol. The van der Waals surface area contributed by atoms with E-state index in [1.807, 2.05) is 18.2 Å². The summed E-state index contributed by atoms with van der Waals surface area (Å²) >= 11 is 0. The maximum Gasteiger partial charge on any atom is 0.201 e. The molecule has 2 aromatic rings. The minimum atomic E-state index is 0.573. The summed E-state index contributed by atoms with van der Waals surface area (Å²) in [5, 5.41) is 3.55. The van der Waals surface area contributed by atoms with E-state index >= 15 is 0 Å². The predicted molar refractivity (Wildman–Crippen MR) is 71.1 cm³/mol. The Balaban J connectivity index is 1.79. The third-order valence-corrected chi connectivity index (χ3v) is 3.82. The largest absolute Gasteiger partial charge is 0.353 e. The minimum absolute atomic E-state index is 0.573. The molecule has 1 aliphatic rings. The molecule has 1 aromatic heterocycles. The number of H-pyrrole nitrogens is 1. The fraction of sp³-hybridized carbons (Fsp3) is 0.500. The van der Waals surface area contributed by atoms with Gasteiger partial charge in [0, 0.05) is 6.04 Å². The number of aromatic amines is 1. The van der Waals surface area contributed by atoms with Crippen molar-refractivity contribution in [2.24, 2.45) is 5.92 Å². The Morgan fingerprint density at radius 2 is 2.06 bits per heavy atom. The van der Waals surface area contributed by atoms with Crippen LogP contribution in [-0.4, -0.2) is 16.0 Å². The second-order valence-electron chi connectivity index (χ2n) is 5.12. The molecule has 3 heteroatoms. The Morgan fingerprint density at radius 3 is 2.88 bits per heavy atom. The lowest BCUT2D eigenvalue weighted by Gasteiger charge is -2.29. The first-order valence-corrected chi connectivity index (χ1v) is 6.54. The van der Waals surface area contributed by atoms with Crippen LogP contribution in [0, 0.1) is 5.92 Å². The van der Waals surface area contributed by atoms with E-state index in [1.54, 1.807) is 0 Å². The van der Waals surface area contributed by atoms with Gasteiger partial charge in [0.2, 0.25) is 5.95 Å². The van der Waals surface area contributed by atoms with Gasteiger partial charge in [0.15, 0.2) is 0 Å². The number of imidazole rings is 1. The van der Waals surface area contributed by atoms with E-state index < -0.39 is 0 Å². The van der Waals surface area contributed by atoms with Crippen LogP contribution >= 0.6 is 0 Å². The lowest BCUT2D eigenvalue weighted by Crippen LogP contribution is -2.30. The number of aromatic nitrogens is 2. The average molecular weight is 229 g/mol. The number of anilines is 1. The number of nitrogens with zero attached hydrogens (tertiary/aromatic N) is 1. The molecule has 1 fully saturated rings. The number of nitrogens with one attached hydrogen (secondary N) is 2. The summed E-state index contributed by atoms with van der Waals surface area (Å²) in [5.74, 6) is 1.67. The van der Waals surface area contributed by atoms with Gasteiger partial charge in [-0.25, -0.2) is 4.98 Å². The van der Waals surface area contributed by atoms with Crippen LogP contribution in [0.25, 0.3) is 11.0 Å².